The zero-order valence-corrected chi connectivity index (χ0v) is 19.9. The van der Waals surface area contributed by atoms with E-state index < -0.39 is 6.09 Å². The molecule has 36 heavy (non-hydrogen) atoms. The summed E-state index contributed by atoms with van der Waals surface area (Å²) in [6.07, 6.45) is 3.48. The van der Waals surface area contributed by atoms with E-state index in [9.17, 15) is 9.18 Å². The Morgan fingerprint density at radius 3 is 2.86 bits per heavy atom. The van der Waals surface area contributed by atoms with E-state index in [-0.39, 0.29) is 17.8 Å². The highest BCUT2D eigenvalue weighted by Crippen LogP contribution is 2.35. The Morgan fingerprint density at radius 1 is 1.14 bits per heavy atom. The molecule has 2 atom stereocenters. The number of hydrogen-bond donors (Lipinski definition) is 0. The maximum Gasteiger partial charge on any atom is 0.415 e. The highest BCUT2D eigenvalue weighted by atomic mass is 19.1. The second-order valence-electron chi connectivity index (χ2n) is 9.12. The van der Waals surface area contributed by atoms with Crippen LogP contribution >= 0.6 is 0 Å². The fourth-order valence-electron chi connectivity index (χ4n) is 5.05. The molecular formula is C25H26FN5O5. The zero-order chi connectivity index (χ0) is 24.6. The molecule has 0 saturated carbocycles. The molecule has 6 heterocycles. The normalized spacial score (nSPS) is 21.7. The van der Waals surface area contributed by atoms with Crippen molar-refractivity contribution in [1.82, 2.24) is 19.9 Å². The summed E-state index contributed by atoms with van der Waals surface area (Å²) in [5.41, 5.74) is 1.65. The molecule has 2 saturated heterocycles. The van der Waals surface area contributed by atoms with Crippen LogP contribution in [0.1, 0.15) is 12.0 Å². The SMILES string of the molecule is COc1ccc2ncc(F)c(CCN3CC[C@@H]4CN(c5cc6c(cn5)OCCO6)C(=O)OC4C3)c2n1. The van der Waals surface area contributed by atoms with Crippen molar-refractivity contribution in [2.24, 2.45) is 5.92 Å². The van der Waals surface area contributed by atoms with Crippen molar-refractivity contribution < 1.29 is 28.1 Å². The maximum absolute atomic E-state index is 14.7. The van der Waals surface area contributed by atoms with Crippen LogP contribution < -0.4 is 19.1 Å². The van der Waals surface area contributed by atoms with E-state index in [0.29, 0.717) is 79.1 Å². The van der Waals surface area contributed by atoms with E-state index in [4.69, 9.17) is 18.9 Å². The fraction of sp³-hybridized carbons (Fsp3) is 0.440. The lowest BCUT2D eigenvalue weighted by molar-refractivity contribution is -0.00668. The van der Waals surface area contributed by atoms with Gasteiger partial charge in [0.15, 0.2) is 11.5 Å². The number of likely N-dealkylation sites (tertiary alicyclic amines) is 1. The second-order valence-corrected chi connectivity index (χ2v) is 9.12. The molecule has 1 amide bonds. The number of nitrogens with zero attached hydrogens (tertiary/aromatic N) is 5. The third-order valence-corrected chi connectivity index (χ3v) is 6.99. The van der Waals surface area contributed by atoms with Gasteiger partial charge in [-0.1, -0.05) is 0 Å². The third-order valence-electron chi connectivity index (χ3n) is 6.99. The van der Waals surface area contributed by atoms with Gasteiger partial charge < -0.3 is 18.9 Å². The highest BCUT2D eigenvalue weighted by molar-refractivity contribution is 5.87. The lowest BCUT2D eigenvalue weighted by Gasteiger charge is -2.43. The average molecular weight is 496 g/mol. The Balaban J connectivity index is 1.12. The largest absolute Gasteiger partial charge is 0.486 e. The minimum Gasteiger partial charge on any atom is -0.486 e. The van der Waals surface area contributed by atoms with Gasteiger partial charge in [0.05, 0.1) is 30.5 Å². The van der Waals surface area contributed by atoms with Gasteiger partial charge in [0.25, 0.3) is 0 Å². The van der Waals surface area contributed by atoms with Gasteiger partial charge in [-0.15, -0.1) is 0 Å². The van der Waals surface area contributed by atoms with Crippen LogP contribution in [0.3, 0.4) is 0 Å². The molecule has 6 rings (SSSR count). The number of pyridine rings is 3. The molecule has 10 nitrogen and oxygen atoms in total. The van der Waals surface area contributed by atoms with Crippen molar-refractivity contribution in [3.8, 4) is 17.4 Å². The van der Waals surface area contributed by atoms with Crippen molar-refractivity contribution in [1.29, 1.82) is 0 Å². The second kappa shape index (κ2) is 9.38. The lowest BCUT2D eigenvalue weighted by atomic mass is 9.91. The van der Waals surface area contributed by atoms with Gasteiger partial charge in [-0.2, -0.15) is 0 Å². The van der Waals surface area contributed by atoms with Gasteiger partial charge in [0, 0.05) is 43.2 Å². The first-order valence-electron chi connectivity index (χ1n) is 12.0. The lowest BCUT2D eigenvalue weighted by Crippen LogP contribution is -2.56. The third kappa shape index (κ3) is 4.23. The molecule has 3 aliphatic heterocycles. The van der Waals surface area contributed by atoms with E-state index in [1.807, 2.05) is 0 Å². The number of hydrogen-bond acceptors (Lipinski definition) is 9. The number of methoxy groups -OCH3 is 1. The maximum atomic E-state index is 14.7. The Bertz CT molecular complexity index is 1310. The van der Waals surface area contributed by atoms with E-state index in [1.165, 1.54) is 13.3 Å². The van der Waals surface area contributed by atoms with Crippen molar-refractivity contribution in [2.75, 3.05) is 51.4 Å². The Kier molecular flexibility index (Phi) is 5.92. The van der Waals surface area contributed by atoms with Crippen LogP contribution in [0.15, 0.2) is 30.6 Å². The van der Waals surface area contributed by atoms with Gasteiger partial charge in [0.1, 0.15) is 31.0 Å². The zero-order valence-electron chi connectivity index (χ0n) is 19.9. The van der Waals surface area contributed by atoms with Crippen molar-refractivity contribution >= 4 is 22.9 Å². The number of amides is 1. The van der Waals surface area contributed by atoms with Gasteiger partial charge >= 0.3 is 6.09 Å². The minimum absolute atomic E-state index is 0.179. The molecule has 1 unspecified atom stereocenters. The van der Waals surface area contributed by atoms with Crippen LogP contribution in [0.4, 0.5) is 15.0 Å². The molecule has 0 spiro atoms. The summed E-state index contributed by atoms with van der Waals surface area (Å²) < 4.78 is 36.9. The van der Waals surface area contributed by atoms with Crippen LogP contribution in [0.5, 0.6) is 17.4 Å². The summed E-state index contributed by atoms with van der Waals surface area (Å²) in [5.74, 6) is 1.87. The summed E-state index contributed by atoms with van der Waals surface area (Å²) in [5, 5.41) is 0. The van der Waals surface area contributed by atoms with Crippen LogP contribution in [0, 0.1) is 11.7 Å². The van der Waals surface area contributed by atoms with E-state index in [1.54, 1.807) is 29.3 Å². The number of carbonyl (C=O) groups is 1. The van der Waals surface area contributed by atoms with Crippen molar-refractivity contribution in [3.63, 3.8) is 0 Å². The predicted octanol–water partition coefficient (Wildman–Crippen LogP) is 2.83. The average Bonchev–Trinajstić information content (AvgIpc) is 2.91. The molecule has 3 aromatic rings. The number of fused-ring (bicyclic) bond motifs is 3. The molecule has 3 aliphatic rings. The summed E-state index contributed by atoms with van der Waals surface area (Å²) in [6.45, 7) is 3.50. The quantitative estimate of drug-likeness (QED) is 0.529. The fourth-order valence-corrected chi connectivity index (χ4v) is 5.05. The summed E-state index contributed by atoms with van der Waals surface area (Å²) in [4.78, 5) is 29.6. The summed E-state index contributed by atoms with van der Waals surface area (Å²) >= 11 is 0. The number of carbonyl (C=O) groups excluding carboxylic acids is 1. The van der Waals surface area contributed by atoms with Crippen LogP contribution in [-0.4, -0.2) is 78.6 Å². The van der Waals surface area contributed by atoms with E-state index in [2.05, 4.69) is 19.9 Å². The molecule has 0 radical (unpaired) electrons. The van der Waals surface area contributed by atoms with Gasteiger partial charge in [-0.25, -0.2) is 19.2 Å². The minimum atomic E-state index is -0.426. The molecule has 3 aromatic heterocycles. The molecule has 11 heteroatoms. The van der Waals surface area contributed by atoms with Crippen LogP contribution in [0.2, 0.25) is 0 Å². The Hall–Kier alpha value is -3.73. The van der Waals surface area contributed by atoms with Crippen molar-refractivity contribution in [3.05, 3.63) is 42.0 Å². The molecule has 0 N–H and O–H groups in total. The summed E-state index contributed by atoms with van der Waals surface area (Å²) in [6, 6.07) is 5.21. The van der Waals surface area contributed by atoms with Crippen LogP contribution in [0.25, 0.3) is 11.0 Å². The number of anilines is 1. The predicted molar refractivity (Wildman–Crippen MR) is 127 cm³/mol. The summed E-state index contributed by atoms with van der Waals surface area (Å²) in [7, 11) is 1.53. The molecule has 0 bridgehead atoms. The number of ether oxygens (including phenoxy) is 4. The standard InChI is InChI=1S/C25H26FN5O5/c1-33-23-3-2-18-24(29-23)16(17(26)11-27-18)5-7-30-6-4-15-13-31(25(32)36-21(15)14-30)22-10-19-20(12-28-22)35-9-8-34-19/h2-3,10-12,15,21H,4-9,13-14H2,1H3/t15-,21?/m1/s1. The molecule has 0 aromatic carbocycles. The topological polar surface area (TPSA) is 99.1 Å². The molecular weight excluding hydrogens is 469 g/mol. The first-order valence-corrected chi connectivity index (χ1v) is 12.0. The highest BCUT2D eigenvalue weighted by Gasteiger charge is 2.40. The van der Waals surface area contributed by atoms with Crippen molar-refractivity contribution in [2.45, 2.75) is 18.9 Å². The van der Waals surface area contributed by atoms with E-state index >= 15 is 0 Å². The first kappa shape index (κ1) is 22.7. The first-order chi connectivity index (χ1) is 17.6. The number of halogens is 1. The van der Waals surface area contributed by atoms with E-state index in [0.717, 1.165) is 13.0 Å². The van der Waals surface area contributed by atoms with Crippen LogP contribution in [-0.2, 0) is 11.2 Å². The Morgan fingerprint density at radius 2 is 2.00 bits per heavy atom. The smallest absolute Gasteiger partial charge is 0.415 e. The molecule has 188 valence electrons. The monoisotopic (exact) mass is 495 g/mol. The number of piperidine rings is 1. The number of aromatic nitrogens is 3. The molecule has 0 aliphatic carbocycles. The Labute approximate surface area is 206 Å². The number of rotatable bonds is 5. The van der Waals surface area contributed by atoms with Gasteiger partial charge in [0.2, 0.25) is 5.88 Å². The van der Waals surface area contributed by atoms with Gasteiger partial charge in [-0.3, -0.25) is 14.8 Å². The van der Waals surface area contributed by atoms with Gasteiger partial charge in [-0.05, 0) is 25.5 Å². The molecule has 2 fully saturated rings.